The Morgan fingerprint density at radius 1 is 1.37 bits per heavy atom. The van der Waals surface area contributed by atoms with E-state index in [4.69, 9.17) is 5.11 Å². The van der Waals surface area contributed by atoms with Crippen LogP contribution in [0.4, 0.5) is 10.5 Å². The Morgan fingerprint density at radius 3 is 2.74 bits per heavy atom. The molecule has 0 saturated heterocycles. The van der Waals surface area contributed by atoms with Crippen molar-refractivity contribution >= 4 is 17.7 Å². The zero-order valence-electron chi connectivity index (χ0n) is 10.5. The number of phenols is 1. The third-order valence-electron chi connectivity index (χ3n) is 2.31. The lowest BCUT2D eigenvalue weighted by molar-refractivity contribution is 0.0697. The van der Waals surface area contributed by atoms with Gasteiger partial charge in [-0.1, -0.05) is 12.2 Å². The average molecular weight is 264 g/mol. The second-order valence-corrected chi connectivity index (χ2v) is 3.77. The Kier molecular flexibility index (Phi) is 5.40. The molecule has 6 heteroatoms. The number of hydrogen-bond acceptors (Lipinski definition) is 3. The Labute approximate surface area is 110 Å². The van der Waals surface area contributed by atoms with E-state index in [1.165, 1.54) is 12.1 Å². The molecule has 0 spiro atoms. The molecule has 0 heterocycles. The van der Waals surface area contributed by atoms with Gasteiger partial charge in [0.05, 0.1) is 11.3 Å². The number of allylic oxidation sites excluding steroid dienone is 1. The second-order valence-electron chi connectivity index (χ2n) is 3.77. The van der Waals surface area contributed by atoms with Crippen molar-refractivity contribution in [3.05, 3.63) is 35.9 Å². The normalized spacial score (nSPS) is 10.4. The van der Waals surface area contributed by atoms with Crippen molar-refractivity contribution in [2.24, 2.45) is 0 Å². The summed E-state index contributed by atoms with van der Waals surface area (Å²) < 4.78 is 0. The molecule has 1 aromatic rings. The van der Waals surface area contributed by atoms with Crippen molar-refractivity contribution < 1.29 is 19.8 Å². The van der Waals surface area contributed by atoms with E-state index in [2.05, 4.69) is 10.6 Å². The highest BCUT2D eigenvalue weighted by molar-refractivity contribution is 6.00. The highest BCUT2D eigenvalue weighted by Gasteiger charge is 2.12. The van der Waals surface area contributed by atoms with E-state index in [1.807, 2.05) is 19.1 Å². The van der Waals surface area contributed by atoms with E-state index >= 15 is 0 Å². The zero-order chi connectivity index (χ0) is 14.3. The summed E-state index contributed by atoms with van der Waals surface area (Å²) in [5, 5.41) is 23.2. The lowest BCUT2D eigenvalue weighted by atomic mass is 10.1. The SMILES string of the molecule is C/C=C/CCNC(=O)Nc1ccc(O)cc1C(=O)O. The van der Waals surface area contributed by atoms with Gasteiger partial charge in [-0.25, -0.2) is 9.59 Å². The van der Waals surface area contributed by atoms with Crippen LogP contribution in [0.3, 0.4) is 0 Å². The molecule has 6 nitrogen and oxygen atoms in total. The average Bonchev–Trinajstić information content (AvgIpc) is 2.36. The molecule has 0 fully saturated rings. The second kappa shape index (κ2) is 7.05. The van der Waals surface area contributed by atoms with Crippen LogP contribution in [-0.4, -0.2) is 28.8 Å². The number of urea groups is 1. The zero-order valence-corrected chi connectivity index (χ0v) is 10.5. The topological polar surface area (TPSA) is 98.7 Å². The number of carbonyl (C=O) groups excluding carboxylic acids is 1. The Bertz CT molecular complexity index is 497. The maximum absolute atomic E-state index is 11.5. The fourth-order valence-electron chi connectivity index (χ4n) is 1.42. The minimum atomic E-state index is -1.22. The van der Waals surface area contributed by atoms with Crippen LogP contribution < -0.4 is 10.6 Å². The maximum atomic E-state index is 11.5. The first kappa shape index (κ1) is 14.6. The van der Waals surface area contributed by atoms with Crippen molar-refractivity contribution in [1.29, 1.82) is 0 Å². The molecule has 19 heavy (non-hydrogen) atoms. The molecule has 0 unspecified atom stereocenters. The minimum absolute atomic E-state index is 0.133. The number of anilines is 1. The van der Waals surface area contributed by atoms with Crippen LogP contribution in [0.1, 0.15) is 23.7 Å². The molecule has 0 aliphatic rings. The first-order chi connectivity index (χ1) is 9.04. The van der Waals surface area contributed by atoms with Crippen molar-refractivity contribution in [3.8, 4) is 5.75 Å². The largest absolute Gasteiger partial charge is 0.508 e. The number of aromatic hydroxyl groups is 1. The predicted octanol–water partition coefficient (Wildman–Crippen LogP) is 2.18. The van der Waals surface area contributed by atoms with Crippen molar-refractivity contribution in [2.45, 2.75) is 13.3 Å². The number of carboxylic acids is 1. The van der Waals surface area contributed by atoms with Gasteiger partial charge in [0.1, 0.15) is 5.75 Å². The van der Waals surface area contributed by atoms with Crippen LogP contribution in [-0.2, 0) is 0 Å². The summed E-state index contributed by atoms with van der Waals surface area (Å²) in [5.41, 5.74) is -0.0302. The number of carboxylic acid groups (broad SMARTS) is 1. The first-order valence-electron chi connectivity index (χ1n) is 5.77. The Morgan fingerprint density at radius 2 is 2.11 bits per heavy atom. The molecule has 1 rings (SSSR count). The van der Waals surface area contributed by atoms with Crippen LogP contribution in [0.15, 0.2) is 30.4 Å². The van der Waals surface area contributed by atoms with Gasteiger partial charge in [0.25, 0.3) is 0 Å². The summed E-state index contributed by atoms with van der Waals surface area (Å²) in [5.74, 6) is -1.39. The molecular formula is C13H16N2O4. The van der Waals surface area contributed by atoms with E-state index in [0.29, 0.717) is 13.0 Å². The number of benzene rings is 1. The van der Waals surface area contributed by atoms with Crippen molar-refractivity contribution in [3.63, 3.8) is 0 Å². The summed E-state index contributed by atoms with van der Waals surface area (Å²) in [6, 6.07) is 3.24. The smallest absolute Gasteiger partial charge is 0.337 e. The van der Waals surface area contributed by atoms with E-state index in [0.717, 1.165) is 6.07 Å². The van der Waals surface area contributed by atoms with Gasteiger partial charge in [-0.05, 0) is 31.5 Å². The predicted molar refractivity (Wildman–Crippen MR) is 71.5 cm³/mol. The molecule has 1 aromatic carbocycles. The fraction of sp³-hybridized carbons (Fsp3) is 0.231. The van der Waals surface area contributed by atoms with Gasteiger partial charge in [0, 0.05) is 6.54 Å². The number of amides is 2. The number of aromatic carboxylic acids is 1. The van der Waals surface area contributed by atoms with Gasteiger partial charge in [0.15, 0.2) is 0 Å². The summed E-state index contributed by atoms with van der Waals surface area (Å²) in [7, 11) is 0. The van der Waals surface area contributed by atoms with E-state index in [-0.39, 0.29) is 17.0 Å². The Balaban J connectivity index is 2.66. The number of rotatable bonds is 5. The van der Waals surface area contributed by atoms with Crippen LogP contribution in [0.25, 0.3) is 0 Å². The number of carbonyl (C=O) groups is 2. The maximum Gasteiger partial charge on any atom is 0.337 e. The lowest BCUT2D eigenvalue weighted by Gasteiger charge is -2.09. The minimum Gasteiger partial charge on any atom is -0.508 e. The standard InChI is InChI=1S/C13H16N2O4/c1-2-3-4-7-14-13(19)15-11-6-5-9(16)8-10(11)12(17)18/h2-3,5-6,8,16H,4,7H2,1H3,(H,17,18)(H2,14,15,19)/b3-2+. The monoisotopic (exact) mass is 264 g/mol. The van der Waals surface area contributed by atoms with Gasteiger partial charge >= 0.3 is 12.0 Å². The van der Waals surface area contributed by atoms with Crippen molar-refractivity contribution in [1.82, 2.24) is 5.32 Å². The van der Waals surface area contributed by atoms with Crippen LogP contribution in [0.2, 0.25) is 0 Å². The van der Waals surface area contributed by atoms with E-state index < -0.39 is 12.0 Å². The van der Waals surface area contributed by atoms with Crippen LogP contribution in [0.5, 0.6) is 5.75 Å². The van der Waals surface area contributed by atoms with Gasteiger partial charge in [-0.15, -0.1) is 0 Å². The molecular weight excluding hydrogens is 248 g/mol. The highest BCUT2D eigenvalue weighted by atomic mass is 16.4. The molecule has 0 aliphatic heterocycles. The number of hydrogen-bond donors (Lipinski definition) is 4. The lowest BCUT2D eigenvalue weighted by Crippen LogP contribution is -2.29. The molecule has 0 bridgehead atoms. The van der Waals surface area contributed by atoms with E-state index in [9.17, 15) is 14.7 Å². The molecule has 102 valence electrons. The summed E-state index contributed by atoms with van der Waals surface area (Å²) in [6.07, 6.45) is 4.48. The Hall–Kier alpha value is -2.50. The molecule has 2 amide bonds. The van der Waals surface area contributed by atoms with Crippen LogP contribution >= 0.6 is 0 Å². The van der Waals surface area contributed by atoms with Gasteiger partial charge in [-0.2, -0.15) is 0 Å². The third kappa shape index (κ3) is 4.71. The summed E-state index contributed by atoms with van der Waals surface area (Å²) >= 11 is 0. The van der Waals surface area contributed by atoms with Crippen LogP contribution in [0, 0.1) is 0 Å². The molecule has 0 atom stereocenters. The van der Waals surface area contributed by atoms with Gasteiger partial charge < -0.3 is 20.8 Å². The third-order valence-corrected chi connectivity index (χ3v) is 2.31. The molecule has 0 radical (unpaired) electrons. The fourth-order valence-corrected chi connectivity index (χ4v) is 1.42. The number of nitrogens with one attached hydrogen (secondary N) is 2. The molecule has 0 aromatic heterocycles. The highest BCUT2D eigenvalue weighted by Crippen LogP contribution is 2.21. The van der Waals surface area contributed by atoms with Gasteiger partial charge in [0.2, 0.25) is 0 Å². The molecule has 0 saturated carbocycles. The summed E-state index contributed by atoms with van der Waals surface area (Å²) in [4.78, 5) is 22.5. The van der Waals surface area contributed by atoms with Gasteiger partial charge in [-0.3, -0.25) is 0 Å². The summed E-state index contributed by atoms with van der Waals surface area (Å²) in [6.45, 7) is 2.34. The molecule has 0 aliphatic carbocycles. The van der Waals surface area contributed by atoms with E-state index in [1.54, 1.807) is 0 Å². The number of phenolic OH excluding ortho intramolecular Hbond substituents is 1. The molecule has 4 N–H and O–H groups in total. The first-order valence-corrected chi connectivity index (χ1v) is 5.77. The quantitative estimate of drug-likeness (QED) is 0.372. The van der Waals surface area contributed by atoms with Crippen molar-refractivity contribution in [2.75, 3.05) is 11.9 Å².